The number of halogens is 2. The van der Waals surface area contributed by atoms with Crippen molar-refractivity contribution < 1.29 is 23.0 Å². The van der Waals surface area contributed by atoms with Crippen molar-refractivity contribution in [3.8, 4) is 16.9 Å². The molecular formula is C36H44F2N2O3. The quantitative estimate of drug-likeness (QED) is 0.0896. The van der Waals surface area contributed by atoms with Crippen LogP contribution in [0.4, 0.5) is 20.2 Å². The van der Waals surface area contributed by atoms with Crippen LogP contribution in [0.2, 0.25) is 0 Å². The summed E-state index contributed by atoms with van der Waals surface area (Å²) in [6.07, 6.45) is 8.05. The van der Waals surface area contributed by atoms with Gasteiger partial charge in [-0.25, -0.2) is 4.79 Å². The van der Waals surface area contributed by atoms with Crippen LogP contribution in [0.3, 0.4) is 0 Å². The van der Waals surface area contributed by atoms with Gasteiger partial charge in [0.05, 0.1) is 5.92 Å². The van der Waals surface area contributed by atoms with Gasteiger partial charge in [0.15, 0.2) is 0 Å². The second-order valence-corrected chi connectivity index (χ2v) is 11.7. The third kappa shape index (κ3) is 9.06. The maximum atomic E-state index is 15.3. The molecule has 2 atom stereocenters. The lowest BCUT2D eigenvalue weighted by molar-refractivity contribution is -0.234. The van der Waals surface area contributed by atoms with Crippen molar-refractivity contribution in [1.82, 2.24) is 0 Å². The number of nitrogen functional groups attached to an aromatic ring is 2. The first kappa shape index (κ1) is 32.1. The van der Waals surface area contributed by atoms with E-state index in [-0.39, 0.29) is 18.3 Å². The monoisotopic (exact) mass is 590 g/mol. The van der Waals surface area contributed by atoms with Gasteiger partial charge < -0.3 is 20.9 Å². The zero-order valence-electron chi connectivity index (χ0n) is 25.3. The lowest BCUT2D eigenvalue weighted by Gasteiger charge is -2.36. The molecule has 1 aliphatic rings. The Morgan fingerprint density at radius 1 is 0.930 bits per heavy atom. The molecule has 0 aliphatic heterocycles. The Balaban J connectivity index is 1.34. The Labute approximate surface area is 254 Å². The second-order valence-electron chi connectivity index (χ2n) is 11.7. The molecule has 1 fully saturated rings. The summed E-state index contributed by atoms with van der Waals surface area (Å²) >= 11 is 0. The van der Waals surface area contributed by atoms with Crippen molar-refractivity contribution in [2.24, 2.45) is 11.8 Å². The number of nitrogens with two attached hydrogens (primary N) is 2. The molecule has 1 saturated carbocycles. The van der Waals surface area contributed by atoms with Crippen LogP contribution in [0.25, 0.3) is 17.2 Å². The summed E-state index contributed by atoms with van der Waals surface area (Å²) in [6.45, 7) is 4.16. The van der Waals surface area contributed by atoms with Crippen molar-refractivity contribution in [2.45, 2.75) is 84.4 Å². The van der Waals surface area contributed by atoms with Crippen molar-refractivity contribution in [3.05, 3.63) is 83.4 Å². The van der Waals surface area contributed by atoms with Crippen LogP contribution in [-0.2, 0) is 16.1 Å². The van der Waals surface area contributed by atoms with Crippen molar-refractivity contribution in [3.63, 3.8) is 0 Å². The van der Waals surface area contributed by atoms with Crippen LogP contribution in [-0.4, -0.2) is 12.1 Å². The van der Waals surface area contributed by atoms with Gasteiger partial charge in [0.1, 0.15) is 12.4 Å². The summed E-state index contributed by atoms with van der Waals surface area (Å²) in [4.78, 5) is 12.5. The minimum atomic E-state index is -3.22. The minimum absolute atomic E-state index is 0.00672. The van der Waals surface area contributed by atoms with Crippen molar-refractivity contribution >= 4 is 23.4 Å². The average molecular weight is 591 g/mol. The first-order valence-corrected chi connectivity index (χ1v) is 15.4. The van der Waals surface area contributed by atoms with Gasteiger partial charge in [-0.15, -0.1) is 0 Å². The molecule has 0 amide bonds. The third-order valence-electron chi connectivity index (χ3n) is 8.35. The Morgan fingerprint density at radius 3 is 2.35 bits per heavy atom. The number of esters is 1. The number of alkyl halides is 2. The van der Waals surface area contributed by atoms with Crippen LogP contribution in [0.15, 0.2) is 66.7 Å². The van der Waals surface area contributed by atoms with Gasteiger partial charge in [0, 0.05) is 17.5 Å². The van der Waals surface area contributed by atoms with Crippen LogP contribution in [0, 0.1) is 18.8 Å². The van der Waals surface area contributed by atoms with Gasteiger partial charge in [-0.2, -0.15) is 8.78 Å². The smallest absolute Gasteiger partial charge is 0.400 e. The van der Waals surface area contributed by atoms with Crippen molar-refractivity contribution in [2.75, 3.05) is 11.5 Å². The number of aryl methyl sites for hydroxylation is 1. The fraction of sp³-hybridized carbons (Fsp3) is 0.417. The predicted octanol–water partition coefficient (Wildman–Crippen LogP) is 9.33. The Kier molecular flexibility index (Phi) is 11.2. The topological polar surface area (TPSA) is 87.6 Å². The zero-order valence-corrected chi connectivity index (χ0v) is 25.3. The fourth-order valence-corrected chi connectivity index (χ4v) is 6.05. The van der Waals surface area contributed by atoms with Gasteiger partial charge >= 0.3 is 12.1 Å². The van der Waals surface area contributed by atoms with Crippen LogP contribution >= 0.6 is 0 Å². The number of carbonyl (C=O) groups is 1. The molecule has 43 heavy (non-hydrogen) atoms. The zero-order chi connectivity index (χ0) is 30.8. The highest BCUT2D eigenvalue weighted by Gasteiger charge is 2.47. The molecule has 230 valence electrons. The number of hydrogen-bond donors (Lipinski definition) is 2. The highest BCUT2D eigenvalue weighted by molar-refractivity contribution is 5.87. The molecule has 3 aromatic rings. The molecule has 0 bridgehead atoms. The van der Waals surface area contributed by atoms with E-state index in [4.69, 9.17) is 20.9 Å². The Morgan fingerprint density at radius 2 is 1.63 bits per heavy atom. The lowest BCUT2D eigenvalue weighted by atomic mass is 9.76. The minimum Gasteiger partial charge on any atom is -0.458 e. The molecular weight excluding hydrogens is 546 g/mol. The van der Waals surface area contributed by atoms with Gasteiger partial charge in [-0.1, -0.05) is 69.7 Å². The van der Waals surface area contributed by atoms with E-state index in [2.05, 4.69) is 6.92 Å². The van der Waals surface area contributed by atoms with Crippen molar-refractivity contribution in [1.29, 1.82) is 0 Å². The number of carbonyl (C=O) groups excluding carboxylic acids is 1. The lowest BCUT2D eigenvalue weighted by Crippen LogP contribution is -2.41. The summed E-state index contributed by atoms with van der Waals surface area (Å²) in [5, 5.41) is 0. The third-order valence-corrected chi connectivity index (χ3v) is 8.35. The van der Waals surface area contributed by atoms with Gasteiger partial charge in [0.2, 0.25) is 0 Å². The van der Waals surface area contributed by atoms with Gasteiger partial charge in [0.25, 0.3) is 0 Å². The molecule has 4 N–H and O–H groups in total. The van der Waals surface area contributed by atoms with E-state index < -0.39 is 18.0 Å². The summed E-state index contributed by atoms with van der Waals surface area (Å²) in [5.41, 5.74) is 17.5. The molecule has 0 radical (unpaired) electrons. The van der Waals surface area contributed by atoms with Gasteiger partial charge in [-0.05, 0) is 102 Å². The number of benzene rings is 3. The first-order chi connectivity index (χ1) is 20.7. The van der Waals surface area contributed by atoms with E-state index in [1.54, 1.807) is 24.3 Å². The highest BCUT2D eigenvalue weighted by Crippen LogP contribution is 2.44. The summed E-state index contributed by atoms with van der Waals surface area (Å²) in [7, 11) is 0. The molecule has 0 spiro atoms. The molecule has 5 nitrogen and oxygen atoms in total. The number of anilines is 2. The van der Waals surface area contributed by atoms with E-state index in [0.29, 0.717) is 23.4 Å². The molecule has 7 heteroatoms. The van der Waals surface area contributed by atoms with Gasteiger partial charge in [-0.3, -0.25) is 0 Å². The second kappa shape index (κ2) is 15.0. The molecule has 0 heterocycles. The maximum Gasteiger partial charge on any atom is 0.400 e. The van der Waals surface area contributed by atoms with Crippen LogP contribution in [0.5, 0.6) is 5.75 Å². The highest BCUT2D eigenvalue weighted by atomic mass is 19.3. The van der Waals surface area contributed by atoms with E-state index in [1.165, 1.54) is 18.2 Å². The molecule has 2 unspecified atom stereocenters. The number of unbranched alkanes of at least 4 members (excludes halogenated alkanes) is 3. The van der Waals surface area contributed by atoms with E-state index >= 15 is 8.78 Å². The van der Waals surface area contributed by atoms with E-state index in [9.17, 15) is 4.79 Å². The number of ether oxygens (including phenoxy) is 2. The average Bonchev–Trinajstić information content (AvgIpc) is 2.98. The summed E-state index contributed by atoms with van der Waals surface area (Å²) in [5.74, 6) is -1.18. The fourth-order valence-electron chi connectivity index (χ4n) is 6.05. The van der Waals surface area contributed by atoms with Crippen LogP contribution in [0.1, 0.15) is 81.4 Å². The Hall–Kier alpha value is -3.87. The molecule has 0 saturated heterocycles. The maximum absolute atomic E-state index is 15.3. The Bertz CT molecular complexity index is 1390. The molecule has 3 aromatic carbocycles. The summed E-state index contributed by atoms with van der Waals surface area (Å²) < 4.78 is 41.4. The normalized spacial score (nSPS) is 17.2. The number of rotatable bonds is 13. The van der Waals surface area contributed by atoms with E-state index in [0.717, 1.165) is 73.6 Å². The summed E-state index contributed by atoms with van der Waals surface area (Å²) in [6, 6.07) is 17.5. The largest absolute Gasteiger partial charge is 0.458 e. The molecule has 4 rings (SSSR count). The molecule has 0 aromatic heterocycles. The molecule has 1 aliphatic carbocycles. The standard InChI is InChI=1S/C36H44F2N2O3/c1-3-4-5-6-9-27-10-7-8-11-34(27)36(37,38)43-31-17-12-26(13-18-31)14-21-35(41)42-24-28-23-30(40)16-20-33(28)32-19-15-29(39)22-25(32)2/h12-23,27,34H,3-11,24,39-40H2,1-2H3/b21-14+. The predicted molar refractivity (Wildman–Crippen MR) is 170 cm³/mol. The van der Waals surface area contributed by atoms with E-state index in [1.807, 2.05) is 37.3 Å². The first-order valence-electron chi connectivity index (χ1n) is 15.4. The SMILES string of the molecule is CCCCCCC1CCCCC1C(F)(F)Oc1ccc(/C=C/C(=O)OCc2cc(N)ccc2-c2ccc(N)cc2C)cc1. The van der Waals surface area contributed by atoms with Crippen LogP contribution < -0.4 is 16.2 Å². The number of hydrogen-bond acceptors (Lipinski definition) is 5.